The van der Waals surface area contributed by atoms with E-state index >= 15 is 0 Å². The summed E-state index contributed by atoms with van der Waals surface area (Å²) < 4.78 is 0. The van der Waals surface area contributed by atoms with Crippen LogP contribution in [-0.4, -0.2) is 44.7 Å². The minimum atomic E-state index is -0.858. The zero-order chi connectivity index (χ0) is 13.1. The van der Waals surface area contributed by atoms with E-state index in [0.717, 1.165) is 25.0 Å². The van der Waals surface area contributed by atoms with Gasteiger partial charge >= 0.3 is 5.97 Å². The third-order valence-electron chi connectivity index (χ3n) is 3.36. The lowest BCUT2D eigenvalue weighted by atomic mass is 9.98. The summed E-state index contributed by atoms with van der Waals surface area (Å²) in [7, 11) is 0. The normalized spacial score (nSPS) is 19.8. The largest absolute Gasteiger partial charge is 0.481 e. The van der Waals surface area contributed by atoms with Crippen molar-refractivity contribution < 1.29 is 14.7 Å². The molecule has 0 aromatic carbocycles. The van der Waals surface area contributed by atoms with Crippen molar-refractivity contribution in [1.29, 1.82) is 0 Å². The van der Waals surface area contributed by atoms with Gasteiger partial charge < -0.3 is 10.0 Å². The lowest BCUT2D eigenvalue weighted by molar-refractivity contribution is -0.138. The van der Waals surface area contributed by atoms with Crippen molar-refractivity contribution in [3.63, 3.8) is 0 Å². The number of aryl methyl sites for hydroxylation is 1. The summed E-state index contributed by atoms with van der Waals surface area (Å²) in [6.45, 7) is 2.41. The van der Waals surface area contributed by atoms with E-state index in [-0.39, 0.29) is 18.4 Å². The van der Waals surface area contributed by atoms with E-state index in [4.69, 9.17) is 5.11 Å². The van der Waals surface area contributed by atoms with Gasteiger partial charge in [-0.05, 0) is 26.2 Å². The monoisotopic (exact) mass is 251 g/mol. The molecule has 2 N–H and O–H groups in total. The fourth-order valence-electron chi connectivity index (χ4n) is 2.40. The molecule has 6 nitrogen and oxygen atoms in total. The number of aliphatic carboxylic acids is 1. The van der Waals surface area contributed by atoms with E-state index in [1.165, 1.54) is 6.20 Å². The molecule has 1 aliphatic rings. The van der Waals surface area contributed by atoms with Gasteiger partial charge in [0.05, 0.1) is 18.2 Å². The van der Waals surface area contributed by atoms with Crippen molar-refractivity contribution in [2.75, 3.05) is 6.54 Å². The summed E-state index contributed by atoms with van der Waals surface area (Å²) in [5.41, 5.74) is 1.26. The molecule has 2 heterocycles. The fraction of sp³-hybridized carbons (Fsp3) is 0.583. The number of likely N-dealkylation sites (tertiary alicyclic amines) is 1. The van der Waals surface area contributed by atoms with E-state index < -0.39 is 5.97 Å². The minimum absolute atomic E-state index is 0.0165. The first kappa shape index (κ1) is 12.6. The molecule has 18 heavy (non-hydrogen) atoms. The maximum absolute atomic E-state index is 12.3. The van der Waals surface area contributed by atoms with Crippen molar-refractivity contribution >= 4 is 11.9 Å². The van der Waals surface area contributed by atoms with Crippen LogP contribution in [0.4, 0.5) is 0 Å². The molecular weight excluding hydrogens is 234 g/mol. The topological polar surface area (TPSA) is 86.3 Å². The average molecular weight is 251 g/mol. The van der Waals surface area contributed by atoms with Crippen LogP contribution in [0.1, 0.15) is 41.7 Å². The van der Waals surface area contributed by atoms with Crippen LogP contribution in [-0.2, 0) is 4.79 Å². The van der Waals surface area contributed by atoms with E-state index in [9.17, 15) is 9.59 Å². The fourth-order valence-corrected chi connectivity index (χ4v) is 2.40. The maximum atomic E-state index is 12.3. The molecule has 0 aliphatic carbocycles. The third kappa shape index (κ3) is 2.52. The summed E-state index contributed by atoms with van der Waals surface area (Å²) in [6, 6.07) is -0.196. The van der Waals surface area contributed by atoms with Crippen molar-refractivity contribution in [1.82, 2.24) is 15.1 Å². The molecule has 1 aromatic rings. The predicted molar refractivity (Wildman–Crippen MR) is 64.3 cm³/mol. The van der Waals surface area contributed by atoms with Gasteiger partial charge in [0.25, 0.3) is 5.91 Å². The van der Waals surface area contributed by atoms with Crippen LogP contribution in [0.3, 0.4) is 0 Å². The van der Waals surface area contributed by atoms with Gasteiger partial charge in [0.2, 0.25) is 0 Å². The van der Waals surface area contributed by atoms with Crippen LogP contribution in [0.15, 0.2) is 6.20 Å². The van der Waals surface area contributed by atoms with E-state index in [1.54, 1.807) is 11.8 Å². The van der Waals surface area contributed by atoms with Gasteiger partial charge in [-0.15, -0.1) is 0 Å². The number of piperidine rings is 1. The van der Waals surface area contributed by atoms with E-state index in [0.29, 0.717) is 12.1 Å². The van der Waals surface area contributed by atoms with Crippen LogP contribution < -0.4 is 0 Å². The molecule has 0 radical (unpaired) electrons. The molecule has 6 heteroatoms. The number of nitrogens with zero attached hydrogens (tertiary/aromatic N) is 2. The lowest BCUT2D eigenvalue weighted by Crippen LogP contribution is -2.44. The second-order valence-electron chi connectivity index (χ2n) is 4.65. The SMILES string of the molecule is Cc1[nH]ncc1C(=O)N1CCCCC1CC(=O)O. The number of carboxylic acids is 1. The number of nitrogens with one attached hydrogen (secondary N) is 1. The number of hydrogen-bond acceptors (Lipinski definition) is 3. The zero-order valence-electron chi connectivity index (χ0n) is 10.3. The van der Waals surface area contributed by atoms with Gasteiger partial charge in [0.15, 0.2) is 0 Å². The number of rotatable bonds is 3. The molecule has 1 fully saturated rings. The summed E-state index contributed by atoms with van der Waals surface area (Å²) in [4.78, 5) is 24.9. The Morgan fingerprint density at radius 1 is 1.56 bits per heavy atom. The first-order valence-electron chi connectivity index (χ1n) is 6.12. The van der Waals surface area contributed by atoms with Crippen molar-refractivity contribution in [3.05, 3.63) is 17.5 Å². The summed E-state index contributed by atoms with van der Waals surface area (Å²) in [5.74, 6) is -0.976. The van der Waals surface area contributed by atoms with E-state index in [1.807, 2.05) is 0 Å². The lowest BCUT2D eigenvalue weighted by Gasteiger charge is -2.34. The minimum Gasteiger partial charge on any atom is -0.481 e. The number of H-pyrrole nitrogens is 1. The van der Waals surface area contributed by atoms with Crippen LogP contribution in [0.2, 0.25) is 0 Å². The molecule has 1 atom stereocenters. The highest BCUT2D eigenvalue weighted by atomic mass is 16.4. The summed E-state index contributed by atoms with van der Waals surface area (Å²) in [5, 5.41) is 15.5. The van der Waals surface area contributed by atoms with Gasteiger partial charge in [0, 0.05) is 18.3 Å². The third-order valence-corrected chi connectivity index (χ3v) is 3.36. The molecule has 0 saturated carbocycles. The smallest absolute Gasteiger partial charge is 0.305 e. The first-order valence-corrected chi connectivity index (χ1v) is 6.12. The molecule has 0 spiro atoms. The number of aromatic amines is 1. The Labute approximate surface area is 105 Å². The highest BCUT2D eigenvalue weighted by Gasteiger charge is 2.30. The predicted octanol–water partition coefficient (Wildman–Crippen LogP) is 1.19. The van der Waals surface area contributed by atoms with Gasteiger partial charge in [-0.1, -0.05) is 0 Å². The Balaban J connectivity index is 2.16. The standard InChI is InChI=1S/C12H17N3O3/c1-8-10(7-13-14-8)12(18)15-5-3-2-4-9(15)6-11(16)17/h7,9H,2-6H2,1H3,(H,13,14)(H,16,17). The maximum Gasteiger partial charge on any atom is 0.305 e. The van der Waals surface area contributed by atoms with Crippen LogP contribution >= 0.6 is 0 Å². The molecule has 1 aliphatic heterocycles. The highest BCUT2D eigenvalue weighted by molar-refractivity contribution is 5.95. The molecule has 0 bridgehead atoms. The Morgan fingerprint density at radius 2 is 2.33 bits per heavy atom. The molecule has 1 aromatic heterocycles. The second kappa shape index (κ2) is 5.20. The van der Waals surface area contributed by atoms with Crippen molar-refractivity contribution in [2.45, 2.75) is 38.6 Å². The van der Waals surface area contributed by atoms with E-state index in [2.05, 4.69) is 10.2 Å². The second-order valence-corrected chi connectivity index (χ2v) is 4.65. The summed E-state index contributed by atoms with van der Waals surface area (Å²) >= 11 is 0. The van der Waals surface area contributed by atoms with Gasteiger partial charge in [-0.25, -0.2) is 0 Å². The highest BCUT2D eigenvalue weighted by Crippen LogP contribution is 2.22. The number of carboxylic acid groups (broad SMARTS) is 1. The van der Waals surface area contributed by atoms with Crippen molar-refractivity contribution in [2.24, 2.45) is 0 Å². The average Bonchev–Trinajstić information content (AvgIpc) is 2.74. The Kier molecular flexibility index (Phi) is 3.64. The van der Waals surface area contributed by atoms with Crippen LogP contribution in [0.25, 0.3) is 0 Å². The number of hydrogen-bond donors (Lipinski definition) is 2. The zero-order valence-corrected chi connectivity index (χ0v) is 10.3. The molecule has 2 rings (SSSR count). The Morgan fingerprint density at radius 3 is 2.94 bits per heavy atom. The van der Waals surface area contributed by atoms with Gasteiger partial charge in [-0.3, -0.25) is 14.7 Å². The van der Waals surface area contributed by atoms with Crippen molar-refractivity contribution in [3.8, 4) is 0 Å². The quantitative estimate of drug-likeness (QED) is 0.844. The number of carbonyl (C=O) groups excluding carboxylic acids is 1. The van der Waals surface area contributed by atoms with Crippen LogP contribution in [0, 0.1) is 6.92 Å². The Bertz CT molecular complexity index is 455. The molecule has 1 unspecified atom stereocenters. The molecule has 98 valence electrons. The van der Waals surface area contributed by atoms with Crippen LogP contribution in [0.5, 0.6) is 0 Å². The number of aromatic nitrogens is 2. The molecule has 1 amide bonds. The number of carbonyl (C=O) groups is 2. The number of amides is 1. The Hall–Kier alpha value is -1.85. The van der Waals surface area contributed by atoms with Gasteiger partial charge in [0.1, 0.15) is 0 Å². The molecular formula is C12H17N3O3. The molecule has 1 saturated heterocycles. The summed E-state index contributed by atoms with van der Waals surface area (Å²) in [6.07, 6.45) is 4.19. The first-order chi connectivity index (χ1) is 8.59. The van der Waals surface area contributed by atoms with Gasteiger partial charge in [-0.2, -0.15) is 5.10 Å².